The number of thiol groups is 1. The highest BCUT2D eigenvalue weighted by atomic mass is 32.2. The lowest BCUT2D eigenvalue weighted by Crippen LogP contribution is -2.19. The van der Waals surface area contributed by atoms with Gasteiger partial charge in [-0.25, -0.2) is 8.42 Å². The SMILES string of the molecule is CC(C)C(C=[N+]=[N-])[SH](=O)=O. The highest BCUT2D eigenvalue weighted by molar-refractivity contribution is 7.74. The first-order valence-electron chi connectivity index (χ1n) is 2.90. The van der Waals surface area contributed by atoms with Crippen LogP contribution in [-0.2, 0) is 10.7 Å². The van der Waals surface area contributed by atoms with E-state index in [4.69, 9.17) is 5.53 Å². The van der Waals surface area contributed by atoms with Crippen LogP contribution in [0.3, 0.4) is 0 Å². The maximum Gasteiger partial charge on any atom is 0.275 e. The Balaban J connectivity index is 4.41. The van der Waals surface area contributed by atoms with Crippen molar-refractivity contribution in [3.05, 3.63) is 5.53 Å². The van der Waals surface area contributed by atoms with Crippen molar-refractivity contribution >= 4 is 16.9 Å². The first kappa shape index (κ1) is 9.33. The quantitative estimate of drug-likeness (QED) is 0.273. The Morgan fingerprint density at radius 2 is 2.00 bits per heavy atom. The largest absolute Gasteiger partial charge is 0.362 e. The molecule has 0 saturated heterocycles. The number of nitrogens with zero attached hydrogens (tertiary/aromatic N) is 2. The van der Waals surface area contributed by atoms with Gasteiger partial charge >= 0.3 is 0 Å². The first-order valence-corrected chi connectivity index (χ1v) is 4.15. The Labute approximate surface area is 61.4 Å². The molecule has 10 heavy (non-hydrogen) atoms. The maximum atomic E-state index is 10.4. The van der Waals surface area contributed by atoms with E-state index in [-0.39, 0.29) is 5.92 Å². The van der Waals surface area contributed by atoms with Gasteiger partial charge in [0.15, 0.2) is 16.0 Å². The Morgan fingerprint density at radius 3 is 2.10 bits per heavy atom. The number of hydrogen-bond donors (Lipinski definition) is 1. The summed E-state index contributed by atoms with van der Waals surface area (Å²) in [7, 11) is -2.52. The third-order valence-corrected chi connectivity index (χ3v) is 2.36. The second kappa shape index (κ2) is 4.19. The average Bonchev–Trinajstić information content (AvgIpc) is 1.81. The zero-order chi connectivity index (χ0) is 8.15. The van der Waals surface area contributed by atoms with Crippen molar-refractivity contribution in [1.29, 1.82) is 0 Å². The van der Waals surface area contributed by atoms with E-state index < -0.39 is 16.0 Å². The molecule has 1 unspecified atom stereocenters. The van der Waals surface area contributed by atoms with Crippen LogP contribution in [0.1, 0.15) is 13.8 Å². The Bertz CT molecular complexity index is 208. The van der Waals surface area contributed by atoms with Crippen LogP contribution >= 0.6 is 0 Å². The fraction of sp³-hybridized carbons (Fsp3) is 0.800. The summed E-state index contributed by atoms with van der Waals surface area (Å²) in [5, 5.41) is -0.653. The van der Waals surface area contributed by atoms with Gasteiger partial charge in [0.25, 0.3) is 6.21 Å². The standard InChI is InChI=1S/C5H10N2O2S/c1-4(2)5(3-7-6)10(8)9/h3-5,10H,1-2H3. The zero-order valence-electron chi connectivity index (χ0n) is 5.89. The summed E-state index contributed by atoms with van der Waals surface area (Å²) in [6.45, 7) is 3.50. The normalized spacial score (nSPS) is 13.2. The van der Waals surface area contributed by atoms with Gasteiger partial charge in [-0.2, -0.15) is 4.79 Å². The molecule has 0 fully saturated rings. The summed E-state index contributed by atoms with van der Waals surface area (Å²) in [5.74, 6) is -0.0444. The molecule has 0 aliphatic heterocycles. The Kier molecular flexibility index (Phi) is 3.91. The van der Waals surface area contributed by atoms with Crippen LogP contribution in [0.5, 0.6) is 0 Å². The van der Waals surface area contributed by atoms with Crippen molar-refractivity contribution in [2.24, 2.45) is 5.92 Å². The van der Waals surface area contributed by atoms with Crippen LogP contribution < -0.4 is 0 Å². The molecule has 0 rings (SSSR count). The molecule has 1 atom stereocenters. The fourth-order valence-corrected chi connectivity index (χ4v) is 1.19. The lowest BCUT2D eigenvalue weighted by molar-refractivity contribution is 0.000485. The molecule has 0 saturated carbocycles. The monoisotopic (exact) mass is 162 g/mol. The second-order valence-electron chi connectivity index (χ2n) is 2.28. The molecular weight excluding hydrogens is 152 g/mol. The molecular formula is C5H10N2O2S. The molecule has 58 valence electrons. The third-order valence-electron chi connectivity index (χ3n) is 1.15. The minimum absolute atomic E-state index is 0.0444. The molecule has 0 heterocycles. The zero-order valence-corrected chi connectivity index (χ0v) is 6.78. The molecule has 0 spiro atoms. The minimum Gasteiger partial charge on any atom is -0.362 e. The van der Waals surface area contributed by atoms with Crippen molar-refractivity contribution in [3.63, 3.8) is 0 Å². The van der Waals surface area contributed by atoms with Crippen molar-refractivity contribution in [2.45, 2.75) is 19.1 Å². The summed E-state index contributed by atoms with van der Waals surface area (Å²) >= 11 is 0. The van der Waals surface area contributed by atoms with E-state index >= 15 is 0 Å². The molecule has 5 heteroatoms. The van der Waals surface area contributed by atoms with Crippen molar-refractivity contribution in [2.75, 3.05) is 0 Å². The van der Waals surface area contributed by atoms with Gasteiger partial charge in [0, 0.05) is 0 Å². The van der Waals surface area contributed by atoms with Gasteiger partial charge in [0.2, 0.25) is 0 Å². The fourth-order valence-electron chi connectivity index (χ4n) is 0.538. The summed E-state index contributed by atoms with van der Waals surface area (Å²) < 4.78 is 20.7. The number of rotatable bonds is 3. The summed E-state index contributed by atoms with van der Waals surface area (Å²) in [4.78, 5) is 2.67. The van der Waals surface area contributed by atoms with Crippen LogP contribution in [0.2, 0.25) is 0 Å². The van der Waals surface area contributed by atoms with Gasteiger partial charge in [0.1, 0.15) is 0 Å². The van der Waals surface area contributed by atoms with Gasteiger partial charge in [0.05, 0.1) is 0 Å². The van der Waals surface area contributed by atoms with Gasteiger partial charge in [-0.05, 0) is 5.92 Å². The van der Waals surface area contributed by atoms with E-state index in [2.05, 4.69) is 4.79 Å². The van der Waals surface area contributed by atoms with E-state index in [0.717, 1.165) is 6.21 Å². The summed E-state index contributed by atoms with van der Waals surface area (Å²) in [6, 6.07) is 0. The van der Waals surface area contributed by atoms with E-state index in [1.807, 2.05) is 0 Å². The molecule has 0 aromatic rings. The van der Waals surface area contributed by atoms with Crippen LogP contribution in [0.4, 0.5) is 0 Å². The second-order valence-corrected chi connectivity index (χ2v) is 3.45. The van der Waals surface area contributed by atoms with Gasteiger partial charge < -0.3 is 5.53 Å². The molecule has 0 aromatic carbocycles. The van der Waals surface area contributed by atoms with E-state index in [9.17, 15) is 8.42 Å². The van der Waals surface area contributed by atoms with Gasteiger partial charge in [-0.3, -0.25) is 0 Å². The van der Waals surface area contributed by atoms with Crippen molar-refractivity contribution in [3.8, 4) is 0 Å². The van der Waals surface area contributed by atoms with Crippen LogP contribution in [0.15, 0.2) is 0 Å². The third kappa shape index (κ3) is 2.75. The summed E-state index contributed by atoms with van der Waals surface area (Å²) in [6.07, 6.45) is 1.02. The van der Waals surface area contributed by atoms with E-state index in [0.29, 0.717) is 0 Å². The predicted molar refractivity (Wildman–Crippen MR) is 38.6 cm³/mol. The Morgan fingerprint density at radius 1 is 1.50 bits per heavy atom. The van der Waals surface area contributed by atoms with E-state index in [1.165, 1.54) is 0 Å². The van der Waals surface area contributed by atoms with E-state index in [1.54, 1.807) is 13.8 Å². The maximum absolute atomic E-state index is 10.4. The molecule has 0 aliphatic carbocycles. The lowest BCUT2D eigenvalue weighted by Gasteiger charge is -2.01. The molecule has 4 nitrogen and oxygen atoms in total. The van der Waals surface area contributed by atoms with Crippen LogP contribution in [0.25, 0.3) is 5.53 Å². The smallest absolute Gasteiger partial charge is 0.275 e. The van der Waals surface area contributed by atoms with Crippen LogP contribution in [0, 0.1) is 5.92 Å². The number of hydrogen-bond acceptors (Lipinski definition) is 2. The lowest BCUT2D eigenvalue weighted by atomic mass is 10.1. The van der Waals surface area contributed by atoms with Crippen LogP contribution in [-0.4, -0.2) is 24.7 Å². The molecule has 0 bridgehead atoms. The molecule has 0 N–H and O–H groups in total. The molecule has 0 amide bonds. The van der Waals surface area contributed by atoms with Gasteiger partial charge in [-0.15, -0.1) is 0 Å². The minimum atomic E-state index is -2.52. The predicted octanol–water partition coefficient (Wildman–Crippen LogP) is -0.0770. The molecule has 0 radical (unpaired) electrons. The summed E-state index contributed by atoms with van der Waals surface area (Å²) in [5.41, 5.74) is 8.04. The molecule has 0 aliphatic rings. The molecule has 0 aromatic heterocycles. The van der Waals surface area contributed by atoms with Gasteiger partial charge in [-0.1, -0.05) is 13.8 Å². The topological polar surface area (TPSA) is 70.5 Å². The highest BCUT2D eigenvalue weighted by Crippen LogP contribution is 2.01. The van der Waals surface area contributed by atoms with Crippen molar-refractivity contribution in [1.82, 2.24) is 0 Å². The average molecular weight is 162 g/mol. The van der Waals surface area contributed by atoms with Crippen molar-refractivity contribution < 1.29 is 13.2 Å². The Hall–Kier alpha value is -0.670. The first-order chi connectivity index (χ1) is 4.59. The highest BCUT2D eigenvalue weighted by Gasteiger charge is 2.17.